The van der Waals surface area contributed by atoms with Gasteiger partial charge in [-0.05, 0) is 13.3 Å². The van der Waals surface area contributed by atoms with Gasteiger partial charge in [0.1, 0.15) is 6.10 Å². The van der Waals surface area contributed by atoms with Crippen LogP contribution < -0.4 is 0 Å². The van der Waals surface area contributed by atoms with Gasteiger partial charge >= 0.3 is 11.9 Å². The molecule has 0 radical (unpaired) electrons. The van der Waals surface area contributed by atoms with Crippen LogP contribution in [0.25, 0.3) is 0 Å². The van der Waals surface area contributed by atoms with Gasteiger partial charge in [0.2, 0.25) is 0 Å². The number of aliphatic hydroxyl groups excluding tert-OH is 1. The van der Waals surface area contributed by atoms with Gasteiger partial charge in [0.05, 0.1) is 13.5 Å². The molecular formula is C9H16O5. The minimum Gasteiger partial charge on any atom is -0.469 e. The molecule has 0 amide bonds. The second-order valence-corrected chi connectivity index (χ2v) is 2.91. The summed E-state index contributed by atoms with van der Waals surface area (Å²) >= 11 is 0. The Morgan fingerprint density at radius 1 is 1.36 bits per heavy atom. The summed E-state index contributed by atoms with van der Waals surface area (Å²) in [5.74, 6) is -0.817. The lowest BCUT2D eigenvalue weighted by Crippen LogP contribution is -2.19. The average Bonchev–Trinajstić information content (AvgIpc) is 2.14. The van der Waals surface area contributed by atoms with Crippen LogP contribution in [0.15, 0.2) is 0 Å². The van der Waals surface area contributed by atoms with Crippen LogP contribution in [0.5, 0.6) is 0 Å². The van der Waals surface area contributed by atoms with Gasteiger partial charge in [-0.3, -0.25) is 9.59 Å². The van der Waals surface area contributed by atoms with Crippen LogP contribution in [0.3, 0.4) is 0 Å². The summed E-state index contributed by atoms with van der Waals surface area (Å²) in [5.41, 5.74) is 0. The second kappa shape index (κ2) is 7.32. The fourth-order valence-electron chi connectivity index (χ4n) is 0.866. The quantitative estimate of drug-likeness (QED) is 0.628. The molecule has 0 heterocycles. The van der Waals surface area contributed by atoms with Gasteiger partial charge in [0.25, 0.3) is 0 Å². The Kier molecular flexibility index (Phi) is 6.74. The van der Waals surface area contributed by atoms with Crippen molar-refractivity contribution >= 4 is 11.9 Å². The fourth-order valence-corrected chi connectivity index (χ4v) is 0.866. The van der Waals surface area contributed by atoms with Gasteiger partial charge in [-0.1, -0.05) is 0 Å². The maximum Gasteiger partial charge on any atom is 0.309 e. The Morgan fingerprint density at radius 2 is 2.00 bits per heavy atom. The van der Waals surface area contributed by atoms with Crippen LogP contribution in [0, 0.1) is 0 Å². The molecule has 0 bridgehead atoms. The highest BCUT2D eigenvalue weighted by molar-refractivity contribution is 5.72. The largest absolute Gasteiger partial charge is 0.469 e. The highest BCUT2D eigenvalue weighted by Gasteiger charge is 2.13. The minimum absolute atomic E-state index is 0.0412. The van der Waals surface area contributed by atoms with Crippen molar-refractivity contribution in [3.05, 3.63) is 0 Å². The van der Waals surface area contributed by atoms with E-state index in [4.69, 9.17) is 9.84 Å². The first kappa shape index (κ1) is 12.9. The molecule has 0 spiro atoms. The van der Waals surface area contributed by atoms with E-state index < -0.39 is 18.0 Å². The van der Waals surface area contributed by atoms with Crippen LogP contribution in [-0.4, -0.2) is 36.9 Å². The van der Waals surface area contributed by atoms with Crippen molar-refractivity contribution in [1.82, 2.24) is 0 Å². The molecular weight excluding hydrogens is 188 g/mol. The Morgan fingerprint density at radius 3 is 2.50 bits per heavy atom. The SMILES string of the molecule is COC(=O)CC(C)OC(=O)CCCO. The first-order chi connectivity index (χ1) is 6.60. The predicted octanol–water partition coefficient (Wildman–Crippen LogP) is 0.254. The van der Waals surface area contributed by atoms with E-state index in [1.54, 1.807) is 6.92 Å². The van der Waals surface area contributed by atoms with Crippen molar-refractivity contribution in [3.8, 4) is 0 Å². The Hall–Kier alpha value is -1.10. The molecule has 0 aliphatic carbocycles. The van der Waals surface area contributed by atoms with Crippen LogP contribution in [0.2, 0.25) is 0 Å². The maximum atomic E-state index is 11.0. The standard InChI is InChI=1S/C9H16O5/c1-7(6-9(12)13-2)14-8(11)4-3-5-10/h7,10H,3-6H2,1-2H3. The monoisotopic (exact) mass is 204 g/mol. The molecule has 1 unspecified atom stereocenters. The Bertz CT molecular complexity index is 190. The summed E-state index contributed by atoms with van der Waals surface area (Å²) in [6, 6.07) is 0. The van der Waals surface area contributed by atoms with Crippen molar-refractivity contribution in [3.63, 3.8) is 0 Å². The first-order valence-corrected chi connectivity index (χ1v) is 4.47. The fraction of sp³-hybridized carbons (Fsp3) is 0.778. The molecule has 0 rings (SSSR count). The molecule has 5 heteroatoms. The summed E-state index contributed by atoms with van der Waals surface area (Å²) in [6.07, 6.45) is 0.126. The minimum atomic E-state index is -0.478. The highest BCUT2D eigenvalue weighted by Crippen LogP contribution is 2.02. The normalized spacial score (nSPS) is 11.9. The predicted molar refractivity (Wildman–Crippen MR) is 48.5 cm³/mol. The maximum absolute atomic E-state index is 11.0. The molecule has 0 fully saturated rings. The topological polar surface area (TPSA) is 72.8 Å². The number of hydrogen-bond acceptors (Lipinski definition) is 5. The zero-order valence-corrected chi connectivity index (χ0v) is 8.49. The van der Waals surface area contributed by atoms with Gasteiger partial charge in [0.15, 0.2) is 0 Å². The first-order valence-electron chi connectivity index (χ1n) is 4.47. The van der Waals surface area contributed by atoms with E-state index in [1.807, 2.05) is 0 Å². The number of methoxy groups -OCH3 is 1. The van der Waals surface area contributed by atoms with Gasteiger partial charge in [-0.2, -0.15) is 0 Å². The Balaban J connectivity index is 3.65. The number of hydrogen-bond donors (Lipinski definition) is 1. The Labute approximate surface area is 83.0 Å². The van der Waals surface area contributed by atoms with Gasteiger partial charge in [0, 0.05) is 13.0 Å². The van der Waals surface area contributed by atoms with Crippen molar-refractivity contribution in [2.24, 2.45) is 0 Å². The zero-order chi connectivity index (χ0) is 11.0. The lowest BCUT2D eigenvalue weighted by molar-refractivity contribution is -0.153. The van der Waals surface area contributed by atoms with E-state index in [0.717, 1.165) is 0 Å². The van der Waals surface area contributed by atoms with Gasteiger partial charge in [-0.25, -0.2) is 0 Å². The highest BCUT2D eigenvalue weighted by atomic mass is 16.6. The number of ether oxygens (including phenoxy) is 2. The number of rotatable bonds is 6. The van der Waals surface area contributed by atoms with Crippen LogP contribution in [0.4, 0.5) is 0 Å². The average molecular weight is 204 g/mol. The van der Waals surface area contributed by atoms with Crippen molar-refractivity contribution in [2.75, 3.05) is 13.7 Å². The summed E-state index contributed by atoms with van der Waals surface area (Å²) in [5, 5.41) is 8.45. The van der Waals surface area contributed by atoms with E-state index in [9.17, 15) is 9.59 Å². The smallest absolute Gasteiger partial charge is 0.309 e. The zero-order valence-electron chi connectivity index (χ0n) is 8.49. The number of aliphatic hydroxyl groups is 1. The molecule has 0 saturated heterocycles. The lowest BCUT2D eigenvalue weighted by atomic mass is 10.3. The van der Waals surface area contributed by atoms with Crippen LogP contribution >= 0.6 is 0 Å². The summed E-state index contributed by atoms with van der Waals surface area (Å²) in [7, 11) is 1.28. The van der Waals surface area contributed by atoms with Crippen molar-refractivity contribution in [1.29, 1.82) is 0 Å². The van der Waals surface area contributed by atoms with Crippen molar-refractivity contribution in [2.45, 2.75) is 32.3 Å². The van der Waals surface area contributed by atoms with Crippen LogP contribution in [-0.2, 0) is 19.1 Å². The molecule has 0 aromatic carbocycles. The third-order valence-corrected chi connectivity index (χ3v) is 1.55. The third kappa shape index (κ3) is 6.42. The van der Waals surface area contributed by atoms with Gasteiger partial charge < -0.3 is 14.6 Å². The van der Waals surface area contributed by atoms with E-state index in [0.29, 0.717) is 6.42 Å². The molecule has 0 aromatic heterocycles. The number of carbonyl (C=O) groups excluding carboxylic acids is 2. The molecule has 1 N–H and O–H groups in total. The van der Waals surface area contributed by atoms with E-state index >= 15 is 0 Å². The molecule has 0 aromatic rings. The van der Waals surface area contributed by atoms with E-state index in [1.165, 1.54) is 7.11 Å². The lowest BCUT2D eigenvalue weighted by Gasteiger charge is -2.11. The summed E-state index contributed by atoms with van der Waals surface area (Å²) in [6.45, 7) is 1.58. The number of esters is 2. The van der Waals surface area contributed by atoms with Crippen LogP contribution in [0.1, 0.15) is 26.2 Å². The molecule has 0 saturated carbocycles. The second-order valence-electron chi connectivity index (χ2n) is 2.91. The molecule has 1 atom stereocenters. The molecule has 0 aliphatic heterocycles. The molecule has 14 heavy (non-hydrogen) atoms. The molecule has 82 valence electrons. The van der Waals surface area contributed by atoms with E-state index in [2.05, 4.69) is 4.74 Å². The summed E-state index contributed by atoms with van der Waals surface area (Å²) < 4.78 is 9.29. The van der Waals surface area contributed by atoms with Crippen molar-refractivity contribution < 1.29 is 24.2 Å². The third-order valence-electron chi connectivity index (χ3n) is 1.55. The molecule has 0 aliphatic rings. The summed E-state index contributed by atoms with van der Waals surface area (Å²) in [4.78, 5) is 21.8. The van der Waals surface area contributed by atoms with E-state index in [-0.39, 0.29) is 19.4 Å². The van der Waals surface area contributed by atoms with Gasteiger partial charge in [-0.15, -0.1) is 0 Å². The molecule has 5 nitrogen and oxygen atoms in total. The number of carbonyl (C=O) groups is 2.